The molecule has 0 atom stereocenters. The van der Waals surface area contributed by atoms with E-state index in [0.29, 0.717) is 6.54 Å². The predicted molar refractivity (Wildman–Crippen MR) is 47.9 cm³/mol. The van der Waals surface area contributed by atoms with Gasteiger partial charge in [-0.05, 0) is 6.54 Å². The van der Waals surface area contributed by atoms with E-state index >= 15 is 0 Å². The molecular weight excluding hydrogens is 152 g/mol. The van der Waals surface area contributed by atoms with Gasteiger partial charge in [0, 0.05) is 31.3 Å². The molecular formula is C9H12N2O. The van der Waals surface area contributed by atoms with Gasteiger partial charge in [0.2, 0.25) is 0 Å². The van der Waals surface area contributed by atoms with Crippen molar-refractivity contribution in [2.45, 2.75) is 6.42 Å². The van der Waals surface area contributed by atoms with Crippen LogP contribution in [0.15, 0.2) is 22.8 Å². The van der Waals surface area contributed by atoms with Gasteiger partial charge in [0.15, 0.2) is 5.58 Å². The zero-order valence-corrected chi connectivity index (χ0v) is 7.08. The SMILES string of the molecule is Cn1c(CCN)cc2occc21. The number of hydrogen-bond acceptors (Lipinski definition) is 2. The Morgan fingerprint density at radius 1 is 1.58 bits per heavy atom. The quantitative estimate of drug-likeness (QED) is 0.726. The molecule has 0 aromatic carbocycles. The van der Waals surface area contributed by atoms with Gasteiger partial charge in [-0.3, -0.25) is 0 Å². The summed E-state index contributed by atoms with van der Waals surface area (Å²) in [4.78, 5) is 0. The fraction of sp³-hybridized carbons (Fsp3) is 0.333. The number of hydrogen-bond donors (Lipinski definition) is 1. The lowest BCUT2D eigenvalue weighted by Gasteiger charge is -1.99. The molecule has 64 valence electrons. The molecule has 2 heterocycles. The summed E-state index contributed by atoms with van der Waals surface area (Å²) in [5, 5.41) is 0. The average molecular weight is 164 g/mol. The molecule has 0 saturated heterocycles. The van der Waals surface area contributed by atoms with Gasteiger partial charge in [-0.2, -0.15) is 0 Å². The van der Waals surface area contributed by atoms with Crippen molar-refractivity contribution in [1.82, 2.24) is 4.57 Å². The first-order valence-electron chi connectivity index (χ1n) is 4.05. The number of nitrogens with zero attached hydrogens (tertiary/aromatic N) is 1. The zero-order chi connectivity index (χ0) is 8.55. The summed E-state index contributed by atoms with van der Waals surface area (Å²) in [5.41, 5.74) is 8.79. The van der Waals surface area contributed by atoms with Crippen LogP contribution >= 0.6 is 0 Å². The summed E-state index contributed by atoms with van der Waals surface area (Å²) in [5.74, 6) is 0. The van der Waals surface area contributed by atoms with Gasteiger partial charge in [0.1, 0.15) is 0 Å². The average Bonchev–Trinajstić information content (AvgIpc) is 2.58. The van der Waals surface area contributed by atoms with Crippen LogP contribution in [0, 0.1) is 0 Å². The molecule has 3 heteroatoms. The smallest absolute Gasteiger partial charge is 0.151 e. The molecule has 0 radical (unpaired) electrons. The number of aromatic nitrogens is 1. The Kier molecular flexibility index (Phi) is 1.66. The first-order valence-corrected chi connectivity index (χ1v) is 4.05. The van der Waals surface area contributed by atoms with Gasteiger partial charge in [0.25, 0.3) is 0 Å². The lowest BCUT2D eigenvalue weighted by molar-refractivity contribution is 0.616. The summed E-state index contributed by atoms with van der Waals surface area (Å²) in [6.07, 6.45) is 2.61. The first-order chi connectivity index (χ1) is 5.83. The van der Waals surface area contributed by atoms with E-state index in [2.05, 4.69) is 4.57 Å². The second-order valence-corrected chi connectivity index (χ2v) is 2.90. The summed E-state index contributed by atoms with van der Waals surface area (Å²) >= 11 is 0. The van der Waals surface area contributed by atoms with Crippen molar-refractivity contribution in [3.8, 4) is 0 Å². The fourth-order valence-corrected chi connectivity index (χ4v) is 1.49. The molecule has 0 amide bonds. The van der Waals surface area contributed by atoms with Crippen LogP contribution in [0.25, 0.3) is 11.1 Å². The third-order valence-electron chi connectivity index (χ3n) is 2.16. The standard InChI is InChI=1S/C9H12N2O/c1-11-7(2-4-10)6-9-8(11)3-5-12-9/h3,5-6H,2,4,10H2,1H3. The van der Waals surface area contributed by atoms with Gasteiger partial charge in [0.05, 0.1) is 11.8 Å². The Hall–Kier alpha value is -1.22. The molecule has 0 spiro atoms. The van der Waals surface area contributed by atoms with Crippen LogP contribution in [0.1, 0.15) is 5.69 Å². The highest BCUT2D eigenvalue weighted by Crippen LogP contribution is 2.19. The van der Waals surface area contributed by atoms with E-state index in [9.17, 15) is 0 Å². The molecule has 12 heavy (non-hydrogen) atoms. The highest BCUT2D eigenvalue weighted by Gasteiger charge is 2.06. The van der Waals surface area contributed by atoms with Crippen molar-refractivity contribution in [2.24, 2.45) is 12.8 Å². The lowest BCUT2D eigenvalue weighted by atomic mass is 10.3. The Bertz CT molecular complexity index is 386. The minimum Gasteiger partial charge on any atom is -0.463 e. The van der Waals surface area contributed by atoms with E-state index in [-0.39, 0.29) is 0 Å². The first kappa shape index (κ1) is 7.43. The van der Waals surface area contributed by atoms with Crippen LogP contribution in [0.4, 0.5) is 0 Å². The summed E-state index contributed by atoms with van der Waals surface area (Å²) in [7, 11) is 2.03. The highest BCUT2D eigenvalue weighted by molar-refractivity contribution is 5.75. The van der Waals surface area contributed by atoms with Crippen LogP contribution in [0.2, 0.25) is 0 Å². The predicted octanol–water partition coefficient (Wildman–Crippen LogP) is 1.27. The van der Waals surface area contributed by atoms with Crippen molar-refractivity contribution < 1.29 is 4.42 Å². The number of nitrogens with two attached hydrogens (primary N) is 1. The Labute approximate surface area is 70.8 Å². The van der Waals surface area contributed by atoms with Crippen molar-refractivity contribution in [3.05, 3.63) is 24.1 Å². The molecule has 0 saturated carbocycles. The summed E-state index contributed by atoms with van der Waals surface area (Å²) < 4.78 is 7.38. The molecule has 0 bridgehead atoms. The number of aryl methyl sites for hydroxylation is 1. The second-order valence-electron chi connectivity index (χ2n) is 2.90. The maximum Gasteiger partial charge on any atom is 0.151 e. The van der Waals surface area contributed by atoms with Gasteiger partial charge < -0.3 is 14.7 Å². The summed E-state index contributed by atoms with van der Waals surface area (Å²) in [6.45, 7) is 0.681. The van der Waals surface area contributed by atoms with E-state index in [1.54, 1.807) is 6.26 Å². The van der Waals surface area contributed by atoms with Crippen molar-refractivity contribution in [2.75, 3.05) is 6.54 Å². The molecule has 2 N–H and O–H groups in total. The Balaban J connectivity index is 2.55. The molecule has 2 rings (SSSR count). The van der Waals surface area contributed by atoms with Gasteiger partial charge in [-0.25, -0.2) is 0 Å². The number of furan rings is 1. The third kappa shape index (κ3) is 0.940. The van der Waals surface area contributed by atoms with E-state index in [4.69, 9.17) is 10.2 Å². The minimum atomic E-state index is 0.681. The van der Waals surface area contributed by atoms with E-state index in [1.807, 2.05) is 19.2 Å². The van der Waals surface area contributed by atoms with Crippen LogP contribution < -0.4 is 5.73 Å². The van der Waals surface area contributed by atoms with Crippen molar-refractivity contribution in [3.63, 3.8) is 0 Å². The Morgan fingerprint density at radius 3 is 3.08 bits per heavy atom. The highest BCUT2D eigenvalue weighted by atomic mass is 16.3. The van der Waals surface area contributed by atoms with Gasteiger partial charge in [-0.1, -0.05) is 0 Å². The Morgan fingerprint density at radius 2 is 2.42 bits per heavy atom. The maximum atomic E-state index is 5.48. The molecule has 3 nitrogen and oxygen atoms in total. The normalized spacial score (nSPS) is 11.2. The lowest BCUT2D eigenvalue weighted by Crippen LogP contribution is -2.06. The van der Waals surface area contributed by atoms with E-state index in [0.717, 1.165) is 17.5 Å². The van der Waals surface area contributed by atoms with Gasteiger partial charge >= 0.3 is 0 Å². The summed E-state index contributed by atoms with van der Waals surface area (Å²) in [6, 6.07) is 4.01. The third-order valence-corrected chi connectivity index (χ3v) is 2.16. The van der Waals surface area contributed by atoms with Crippen LogP contribution in [0.3, 0.4) is 0 Å². The zero-order valence-electron chi connectivity index (χ0n) is 7.08. The van der Waals surface area contributed by atoms with Gasteiger partial charge in [-0.15, -0.1) is 0 Å². The second kappa shape index (κ2) is 2.68. The van der Waals surface area contributed by atoms with Crippen LogP contribution in [-0.4, -0.2) is 11.1 Å². The van der Waals surface area contributed by atoms with E-state index < -0.39 is 0 Å². The molecule has 2 aromatic heterocycles. The van der Waals surface area contributed by atoms with Crippen LogP contribution in [0.5, 0.6) is 0 Å². The molecule has 0 aliphatic heterocycles. The van der Waals surface area contributed by atoms with Crippen molar-refractivity contribution in [1.29, 1.82) is 0 Å². The minimum absolute atomic E-state index is 0.681. The molecule has 0 aliphatic rings. The van der Waals surface area contributed by atoms with Crippen molar-refractivity contribution >= 4 is 11.1 Å². The van der Waals surface area contributed by atoms with E-state index in [1.165, 1.54) is 5.69 Å². The van der Waals surface area contributed by atoms with Crippen LogP contribution in [-0.2, 0) is 13.5 Å². The molecule has 0 aliphatic carbocycles. The largest absolute Gasteiger partial charge is 0.463 e. The monoisotopic (exact) mass is 164 g/mol. The molecule has 0 unspecified atom stereocenters. The topological polar surface area (TPSA) is 44.1 Å². The number of rotatable bonds is 2. The molecule has 2 aromatic rings. The molecule has 0 fully saturated rings. The maximum absolute atomic E-state index is 5.48. The fourth-order valence-electron chi connectivity index (χ4n) is 1.49. The number of fused-ring (bicyclic) bond motifs is 1.